The van der Waals surface area contributed by atoms with Crippen LogP contribution in [0.1, 0.15) is 36.9 Å². The number of nitrogens with zero attached hydrogens (tertiary/aromatic N) is 2. The van der Waals surface area contributed by atoms with Crippen molar-refractivity contribution in [3.8, 4) is 0 Å². The average molecular weight is 514 g/mol. The highest BCUT2D eigenvalue weighted by Crippen LogP contribution is 2.23. The fraction of sp³-hybridized carbons (Fsp3) is 0.409. The molecule has 158 valence electrons. The predicted octanol–water partition coefficient (Wildman–Crippen LogP) is 4.65. The first-order valence-electron chi connectivity index (χ1n) is 9.83. The minimum atomic E-state index is -0.426. The number of halogens is 3. The summed E-state index contributed by atoms with van der Waals surface area (Å²) in [6.07, 6.45) is 2.88. The Morgan fingerprint density at radius 2 is 1.90 bits per heavy atom. The highest BCUT2D eigenvalue weighted by molar-refractivity contribution is 14.0. The van der Waals surface area contributed by atoms with Gasteiger partial charge in [-0.05, 0) is 67.6 Å². The molecule has 0 bridgehead atoms. The van der Waals surface area contributed by atoms with Gasteiger partial charge in [0.2, 0.25) is 0 Å². The second kappa shape index (κ2) is 11.3. The van der Waals surface area contributed by atoms with E-state index in [9.17, 15) is 8.78 Å². The van der Waals surface area contributed by atoms with E-state index >= 15 is 0 Å². The number of benzene rings is 2. The summed E-state index contributed by atoms with van der Waals surface area (Å²) in [5, 5.41) is 6.54. The molecule has 2 aromatic rings. The Kier molecular flexibility index (Phi) is 9.13. The molecule has 1 fully saturated rings. The number of aliphatic imine (C=N–C) groups is 1. The van der Waals surface area contributed by atoms with Crippen LogP contribution in [0.5, 0.6) is 0 Å². The largest absolute Gasteiger partial charge is 0.372 e. The number of guanidine groups is 1. The zero-order valence-electron chi connectivity index (χ0n) is 16.9. The molecule has 29 heavy (non-hydrogen) atoms. The van der Waals surface area contributed by atoms with E-state index in [2.05, 4.69) is 51.7 Å². The normalized spacial score (nSPS) is 15.0. The van der Waals surface area contributed by atoms with Gasteiger partial charge in [0.25, 0.3) is 0 Å². The molecule has 1 unspecified atom stereocenters. The summed E-state index contributed by atoms with van der Waals surface area (Å²) in [5.41, 5.74) is 2.80. The molecular formula is C22H29F2IN4. The van der Waals surface area contributed by atoms with Gasteiger partial charge in [-0.25, -0.2) is 8.78 Å². The summed E-state index contributed by atoms with van der Waals surface area (Å²) in [5.74, 6) is -0.181. The molecule has 1 aliphatic rings. The Balaban J connectivity index is 0.00000300. The van der Waals surface area contributed by atoms with Crippen LogP contribution in [-0.4, -0.2) is 32.6 Å². The summed E-state index contributed by atoms with van der Waals surface area (Å²) in [6.45, 7) is 4.78. The van der Waals surface area contributed by atoms with E-state index in [1.807, 2.05) is 0 Å². The summed E-state index contributed by atoms with van der Waals surface area (Å²) < 4.78 is 27.0. The number of hydrogen-bond donors (Lipinski definition) is 2. The smallest absolute Gasteiger partial charge is 0.191 e. The van der Waals surface area contributed by atoms with Crippen molar-refractivity contribution in [2.45, 2.75) is 32.2 Å². The van der Waals surface area contributed by atoms with Gasteiger partial charge in [-0.3, -0.25) is 4.99 Å². The number of nitrogens with one attached hydrogen (secondary N) is 2. The molecule has 4 nitrogen and oxygen atoms in total. The van der Waals surface area contributed by atoms with Gasteiger partial charge in [0.05, 0.1) is 6.04 Å². The van der Waals surface area contributed by atoms with E-state index in [0.717, 1.165) is 25.2 Å². The first-order chi connectivity index (χ1) is 13.6. The molecule has 1 heterocycles. The Bertz CT molecular complexity index is 822. The molecule has 2 aromatic carbocycles. The highest BCUT2D eigenvalue weighted by Gasteiger charge is 2.14. The molecule has 0 saturated carbocycles. The summed E-state index contributed by atoms with van der Waals surface area (Å²) >= 11 is 0. The van der Waals surface area contributed by atoms with Crippen molar-refractivity contribution in [3.63, 3.8) is 0 Å². The third-order valence-electron chi connectivity index (χ3n) is 5.11. The Labute approximate surface area is 188 Å². The number of anilines is 1. The number of hydrogen-bond acceptors (Lipinski definition) is 2. The van der Waals surface area contributed by atoms with Crippen molar-refractivity contribution in [2.24, 2.45) is 4.99 Å². The standard InChI is InChI=1S/C22H28F2N4.HI/c1-16(17-6-5-7-20(15-17)28-12-3-4-13-28)27-22(25-2)26-11-10-18-14-19(23)8-9-21(18)24;/h5-9,14-16H,3-4,10-13H2,1-2H3,(H2,25,26,27);1H. The first kappa shape index (κ1) is 23.4. The molecule has 3 rings (SSSR count). The lowest BCUT2D eigenvalue weighted by atomic mass is 10.1. The summed E-state index contributed by atoms with van der Waals surface area (Å²) in [4.78, 5) is 6.65. The maximum absolute atomic E-state index is 13.7. The van der Waals surface area contributed by atoms with E-state index in [-0.39, 0.29) is 30.0 Å². The molecule has 0 aliphatic carbocycles. The van der Waals surface area contributed by atoms with Crippen LogP contribution in [0.4, 0.5) is 14.5 Å². The molecule has 7 heteroatoms. The van der Waals surface area contributed by atoms with E-state index in [1.54, 1.807) is 7.05 Å². The van der Waals surface area contributed by atoms with E-state index < -0.39 is 11.6 Å². The van der Waals surface area contributed by atoms with Crippen LogP contribution < -0.4 is 15.5 Å². The zero-order valence-corrected chi connectivity index (χ0v) is 19.3. The van der Waals surface area contributed by atoms with Crippen LogP contribution in [0.15, 0.2) is 47.5 Å². The van der Waals surface area contributed by atoms with Crippen LogP contribution in [0, 0.1) is 11.6 Å². The van der Waals surface area contributed by atoms with Gasteiger partial charge in [0.1, 0.15) is 11.6 Å². The predicted molar refractivity (Wildman–Crippen MR) is 126 cm³/mol. The minimum Gasteiger partial charge on any atom is -0.372 e. The van der Waals surface area contributed by atoms with Crippen molar-refractivity contribution in [2.75, 3.05) is 31.6 Å². The Hall–Kier alpha value is -1.90. The Morgan fingerprint density at radius 3 is 2.62 bits per heavy atom. The lowest BCUT2D eigenvalue weighted by Crippen LogP contribution is -2.39. The lowest BCUT2D eigenvalue weighted by molar-refractivity contribution is 0.582. The molecule has 0 spiro atoms. The topological polar surface area (TPSA) is 39.7 Å². The van der Waals surface area contributed by atoms with E-state index in [4.69, 9.17) is 0 Å². The lowest BCUT2D eigenvalue weighted by Gasteiger charge is -2.22. The fourth-order valence-electron chi connectivity index (χ4n) is 3.50. The summed E-state index contributed by atoms with van der Waals surface area (Å²) in [6, 6.07) is 12.2. The van der Waals surface area contributed by atoms with Crippen LogP contribution in [0.3, 0.4) is 0 Å². The van der Waals surface area contributed by atoms with Gasteiger partial charge in [-0.15, -0.1) is 24.0 Å². The number of rotatable bonds is 6. The molecular weight excluding hydrogens is 485 g/mol. The molecule has 1 aliphatic heterocycles. The van der Waals surface area contributed by atoms with Crippen LogP contribution in [-0.2, 0) is 6.42 Å². The van der Waals surface area contributed by atoms with E-state index in [1.165, 1.54) is 30.2 Å². The van der Waals surface area contributed by atoms with Crippen LogP contribution >= 0.6 is 24.0 Å². The second-order valence-electron chi connectivity index (χ2n) is 7.14. The monoisotopic (exact) mass is 514 g/mol. The maximum Gasteiger partial charge on any atom is 0.191 e. The van der Waals surface area contributed by atoms with Gasteiger partial charge < -0.3 is 15.5 Å². The molecule has 1 saturated heterocycles. The molecule has 0 radical (unpaired) electrons. The highest BCUT2D eigenvalue weighted by atomic mass is 127. The van der Waals surface area contributed by atoms with Crippen molar-refractivity contribution in [1.82, 2.24) is 10.6 Å². The second-order valence-corrected chi connectivity index (χ2v) is 7.14. The van der Waals surface area contributed by atoms with Crippen LogP contribution in [0.25, 0.3) is 0 Å². The third-order valence-corrected chi connectivity index (χ3v) is 5.11. The minimum absolute atomic E-state index is 0. The van der Waals surface area contributed by atoms with Crippen molar-refractivity contribution >= 4 is 35.6 Å². The third kappa shape index (κ3) is 6.55. The quantitative estimate of drug-likeness (QED) is 0.335. The van der Waals surface area contributed by atoms with Crippen molar-refractivity contribution < 1.29 is 8.78 Å². The first-order valence-corrected chi connectivity index (χ1v) is 9.83. The van der Waals surface area contributed by atoms with Crippen LogP contribution in [0.2, 0.25) is 0 Å². The summed E-state index contributed by atoms with van der Waals surface area (Å²) in [7, 11) is 1.70. The molecule has 0 aromatic heterocycles. The van der Waals surface area contributed by atoms with Gasteiger partial charge in [-0.1, -0.05) is 12.1 Å². The zero-order chi connectivity index (χ0) is 19.9. The SMILES string of the molecule is CN=C(NCCc1cc(F)ccc1F)NC(C)c1cccc(N2CCCC2)c1.I. The average Bonchev–Trinajstić information content (AvgIpc) is 3.24. The van der Waals surface area contributed by atoms with E-state index in [0.29, 0.717) is 24.5 Å². The Morgan fingerprint density at radius 1 is 1.14 bits per heavy atom. The van der Waals surface area contributed by atoms with Crippen molar-refractivity contribution in [3.05, 3.63) is 65.2 Å². The van der Waals surface area contributed by atoms with Gasteiger partial charge >= 0.3 is 0 Å². The van der Waals surface area contributed by atoms with Gasteiger partial charge in [0.15, 0.2) is 5.96 Å². The van der Waals surface area contributed by atoms with Gasteiger partial charge in [-0.2, -0.15) is 0 Å². The van der Waals surface area contributed by atoms with Crippen molar-refractivity contribution in [1.29, 1.82) is 0 Å². The molecule has 1 atom stereocenters. The molecule has 0 amide bonds. The van der Waals surface area contributed by atoms with Gasteiger partial charge in [0, 0.05) is 32.4 Å². The fourth-order valence-corrected chi connectivity index (χ4v) is 3.50. The maximum atomic E-state index is 13.7. The molecule has 2 N–H and O–H groups in total.